The van der Waals surface area contributed by atoms with Crippen LogP contribution in [0, 0.1) is 5.92 Å². The summed E-state index contributed by atoms with van der Waals surface area (Å²) in [5, 5.41) is 5.10. The van der Waals surface area contributed by atoms with Crippen molar-refractivity contribution in [2.45, 2.75) is 13.8 Å². The molecule has 80 valence electrons. The number of carbonyl (C=O) groups is 1. The van der Waals surface area contributed by atoms with Gasteiger partial charge in [-0.05, 0) is 22.9 Å². The number of nitrogens with zero attached hydrogens (tertiary/aromatic N) is 3. The molecule has 0 aromatic carbocycles. The van der Waals surface area contributed by atoms with Gasteiger partial charge in [-0.25, -0.2) is 4.79 Å². The largest absolute Gasteiger partial charge is 0.461 e. The molecule has 0 aliphatic rings. The lowest BCUT2D eigenvalue weighted by atomic mass is 10.2. The molecule has 1 heterocycles. The van der Waals surface area contributed by atoms with Crippen LogP contribution in [0.3, 0.4) is 0 Å². The average Bonchev–Trinajstić information content (AvgIpc) is 2.63. The normalized spacial score (nSPS) is 9.80. The zero-order chi connectivity index (χ0) is 11.3. The van der Waals surface area contributed by atoms with Crippen molar-refractivity contribution < 1.29 is 9.53 Å². The maximum Gasteiger partial charge on any atom is 0.348 e. The number of rotatable bonds is 4. The van der Waals surface area contributed by atoms with E-state index in [-0.39, 0.29) is 5.92 Å². The Labute approximate surface area is 91.3 Å². The maximum absolute atomic E-state index is 11.5. The maximum atomic E-state index is 11.5. The Morgan fingerprint density at radius 2 is 2.47 bits per heavy atom. The highest BCUT2D eigenvalue weighted by molar-refractivity contribution is 7.12. The second-order valence-electron chi connectivity index (χ2n) is 3.32. The van der Waals surface area contributed by atoms with E-state index in [1.165, 1.54) is 11.3 Å². The minimum Gasteiger partial charge on any atom is -0.461 e. The first kappa shape index (κ1) is 11.6. The van der Waals surface area contributed by atoms with Crippen LogP contribution in [-0.2, 0) is 4.74 Å². The van der Waals surface area contributed by atoms with Crippen LogP contribution >= 0.6 is 11.3 Å². The van der Waals surface area contributed by atoms with Crippen LogP contribution in [0.2, 0.25) is 0 Å². The second kappa shape index (κ2) is 5.38. The highest BCUT2D eigenvalue weighted by Gasteiger charge is 2.13. The van der Waals surface area contributed by atoms with Crippen LogP contribution in [-0.4, -0.2) is 12.6 Å². The van der Waals surface area contributed by atoms with Gasteiger partial charge in [0.1, 0.15) is 4.88 Å². The van der Waals surface area contributed by atoms with E-state index in [0.29, 0.717) is 17.2 Å². The fourth-order valence-corrected chi connectivity index (χ4v) is 1.61. The van der Waals surface area contributed by atoms with Crippen molar-refractivity contribution in [1.82, 2.24) is 0 Å². The van der Waals surface area contributed by atoms with Gasteiger partial charge in [0.2, 0.25) is 0 Å². The Balaban J connectivity index is 2.73. The van der Waals surface area contributed by atoms with Crippen LogP contribution in [0.1, 0.15) is 23.5 Å². The van der Waals surface area contributed by atoms with Gasteiger partial charge in [0.15, 0.2) is 0 Å². The van der Waals surface area contributed by atoms with Gasteiger partial charge in [0.05, 0.1) is 12.3 Å². The van der Waals surface area contributed by atoms with E-state index in [9.17, 15) is 4.79 Å². The molecule has 1 aromatic heterocycles. The van der Waals surface area contributed by atoms with Gasteiger partial charge in [-0.15, -0.1) is 11.3 Å². The first-order chi connectivity index (χ1) is 7.15. The Hall–Kier alpha value is -1.52. The quantitative estimate of drug-likeness (QED) is 0.340. The monoisotopic (exact) mass is 225 g/mol. The molecule has 0 saturated carbocycles. The molecule has 5 nitrogen and oxygen atoms in total. The van der Waals surface area contributed by atoms with E-state index in [1.54, 1.807) is 11.4 Å². The topological polar surface area (TPSA) is 75.1 Å². The van der Waals surface area contributed by atoms with Crippen molar-refractivity contribution in [3.05, 3.63) is 26.8 Å². The Morgan fingerprint density at radius 1 is 1.73 bits per heavy atom. The minimum atomic E-state index is -0.430. The van der Waals surface area contributed by atoms with Gasteiger partial charge < -0.3 is 4.74 Å². The minimum absolute atomic E-state index is 0.289. The van der Waals surface area contributed by atoms with Gasteiger partial charge in [0, 0.05) is 4.91 Å². The molecule has 0 radical (unpaired) electrons. The van der Waals surface area contributed by atoms with E-state index in [0.717, 1.165) is 0 Å². The zero-order valence-corrected chi connectivity index (χ0v) is 9.32. The van der Waals surface area contributed by atoms with Crippen molar-refractivity contribution in [2.75, 3.05) is 6.61 Å². The number of hydrogen-bond acceptors (Lipinski definition) is 4. The van der Waals surface area contributed by atoms with Crippen molar-refractivity contribution >= 4 is 23.0 Å². The van der Waals surface area contributed by atoms with Crippen LogP contribution in [0.5, 0.6) is 0 Å². The number of hydrogen-bond donors (Lipinski definition) is 0. The molecule has 0 spiro atoms. The molecule has 0 saturated heterocycles. The molecule has 0 amide bonds. The van der Waals surface area contributed by atoms with E-state index >= 15 is 0 Å². The number of azide groups is 1. The highest BCUT2D eigenvalue weighted by atomic mass is 32.1. The van der Waals surface area contributed by atoms with Gasteiger partial charge in [-0.2, -0.15) is 0 Å². The molecular formula is C9H11N3O2S. The molecule has 0 bridgehead atoms. The van der Waals surface area contributed by atoms with Crippen molar-refractivity contribution in [3.8, 4) is 0 Å². The number of ether oxygens (including phenoxy) is 1. The van der Waals surface area contributed by atoms with E-state index in [4.69, 9.17) is 10.3 Å². The highest BCUT2D eigenvalue weighted by Crippen LogP contribution is 2.26. The average molecular weight is 225 g/mol. The molecule has 6 heteroatoms. The summed E-state index contributed by atoms with van der Waals surface area (Å²) in [6.45, 7) is 4.28. The molecule has 1 rings (SSSR count). The van der Waals surface area contributed by atoms with Crippen molar-refractivity contribution in [3.63, 3.8) is 0 Å². The van der Waals surface area contributed by atoms with E-state index in [2.05, 4.69) is 10.0 Å². The van der Waals surface area contributed by atoms with Crippen LogP contribution in [0.4, 0.5) is 5.69 Å². The third kappa shape index (κ3) is 3.27. The van der Waals surface area contributed by atoms with Crippen LogP contribution in [0.25, 0.3) is 10.4 Å². The van der Waals surface area contributed by atoms with Gasteiger partial charge in [-0.3, -0.25) is 0 Å². The lowest BCUT2D eigenvalue weighted by Crippen LogP contribution is -2.08. The first-order valence-electron chi connectivity index (χ1n) is 4.45. The van der Waals surface area contributed by atoms with Crippen LogP contribution in [0.15, 0.2) is 16.6 Å². The van der Waals surface area contributed by atoms with Gasteiger partial charge >= 0.3 is 5.97 Å². The third-order valence-electron chi connectivity index (χ3n) is 1.53. The first-order valence-corrected chi connectivity index (χ1v) is 5.32. The Kier molecular flexibility index (Phi) is 4.15. The molecule has 0 unspecified atom stereocenters. The molecule has 15 heavy (non-hydrogen) atoms. The molecule has 0 atom stereocenters. The third-order valence-corrected chi connectivity index (χ3v) is 2.41. The Morgan fingerprint density at radius 3 is 3.07 bits per heavy atom. The summed E-state index contributed by atoms with van der Waals surface area (Å²) in [4.78, 5) is 14.5. The van der Waals surface area contributed by atoms with Crippen LogP contribution < -0.4 is 0 Å². The number of thiophene rings is 1. The fraction of sp³-hybridized carbons (Fsp3) is 0.444. The molecule has 0 N–H and O–H groups in total. The van der Waals surface area contributed by atoms with Gasteiger partial charge in [-0.1, -0.05) is 19.0 Å². The number of carbonyl (C=O) groups excluding carboxylic acids is 1. The second-order valence-corrected chi connectivity index (χ2v) is 4.23. The molecule has 0 aliphatic carbocycles. The molecule has 0 aliphatic heterocycles. The lowest BCUT2D eigenvalue weighted by molar-refractivity contribution is 0.0465. The summed E-state index contributed by atoms with van der Waals surface area (Å²) in [6, 6.07) is 1.59. The summed E-state index contributed by atoms with van der Waals surface area (Å²) in [5.41, 5.74) is 8.60. The SMILES string of the molecule is CC(C)COC(=O)c1sccc1N=[N+]=[N-]. The number of esters is 1. The fourth-order valence-electron chi connectivity index (χ4n) is 0.890. The van der Waals surface area contributed by atoms with Crippen molar-refractivity contribution in [1.29, 1.82) is 0 Å². The molecule has 0 fully saturated rings. The van der Waals surface area contributed by atoms with E-state index < -0.39 is 5.97 Å². The Bertz CT molecular complexity index is 394. The predicted molar refractivity (Wildman–Crippen MR) is 58.2 cm³/mol. The van der Waals surface area contributed by atoms with Gasteiger partial charge in [0.25, 0.3) is 0 Å². The summed E-state index contributed by atoms with van der Waals surface area (Å²) < 4.78 is 5.02. The summed E-state index contributed by atoms with van der Waals surface area (Å²) in [7, 11) is 0. The summed E-state index contributed by atoms with van der Waals surface area (Å²) in [6.07, 6.45) is 0. The lowest BCUT2D eigenvalue weighted by Gasteiger charge is -2.05. The zero-order valence-electron chi connectivity index (χ0n) is 8.51. The molecule has 1 aromatic rings. The summed E-state index contributed by atoms with van der Waals surface area (Å²) in [5.74, 6) is -0.141. The summed E-state index contributed by atoms with van der Waals surface area (Å²) >= 11 is 1.21. The standard InChI is InChI=1S/C9H11N3O2S/c1-6(2)5-14-9(13)8-7(11-12-10)3-4-15-8/h3-4,6H,5H2,1-2H3. The smallest absolute Gasteiger partial charge is 0.348 e. The van der Waals surface area contributed by atoms with E-state index in [1.807, 2.05) is 13.8 Å². The van der Waals surface area contributed by atoms with Crippen molar-refractivity contribution in [2.24, 2.45) is 11.0 Å². The molecular weight excluding hydrogens is 214 g/mol. The predicted octanol–water partition coefficient (Wildman–Crippen LogP) is 3.50.